The third-order valence-corrected chi connectivity index (χ3v) is 7.46. The van der Waals surface area contributed by atoms with Crippen LogP contribution in [0.15, 0.2) is 42.5 Å². The van der Waals surface area contributed by atoms with Gasteiger partial charge in [-0.05, 0) is 49.9 Å². The Bertz CT molecular complexity index is 1040. The Labute approximate surface area is 207 Å². The number of amides is 2. The maximum absolute atomic E-state index is 14.9. The molecule has 2 fully saturated rings. The summed E-state index contributed by atoms with van der Waals surface area (Å²) in [5.74, 6) is -0.125. The summed E-state index contributed by atoms with van der Waals surface area (Å²) < 4.78 is 20.3. The smallest absolute Gasteiger partial charge is 0.258 e. The molecular weight excluding hydrogens is 445 g/mol. The normalized spacial score (nSPS) is 20.1. The fourth-order valence-corrected chi connectivity index (χ4v) is 5.41. The van der Waals surface area contributed by atoms with E-state index in [9.17, 15) is 14.0 Å². The molecular formula is C28H36FN3O3. The molecule has 4 rings (SSSR count). The molecule has 1 saturated heterocycles. The largest absolute Gasteiger partial charge is 0.367 e. The second-order valence-corrected chi connectivity index (χ2v) is 9.81. The summed E-state index contributed by atoms with van der Waals surface area (Å²) in [4.78, 5) is 30.1. The predicted octanol–water partition coefficient (Wildman–Crippen LogP) is 4.68. The van der Waals surface area contributed by atoms with Crippen LogP contribution >= 0.6 is 0 Å². The van der Waals surface area contributed by atoms with Crippen molar-refractivity contribution >= 4 is 17.5 Å². The number of hydrogen-bond acceptors (Lipinski definition) is 4. The van der Waals surface area contributed by atoms with Crippen molar-refractivity contribution in [2.24, 2.45) is 5.92 Å². The molecule has 7 heteroatoms. The standard InChI is InChI=1S/C28H36FN3O3/c1-19-17-31(15-16-32(19)28(34)22-11-7-8-12-22)18-23-20(2)25(14-13-24(23)29)30-27(33)26(35-3)21-9-5-4-6-10-21/h4-6,9-10,13-14,19,22,26H,7-8,11-12,15-18H2,1-3H3,(H,30,33)/t19-,26?/m0/s1. The van der Waals surface area contributed by atoms with Crippen LogP contribution in [-0.4, -0.2) is 54.4 Å². The zero-order valence-electron chi connectivity index (χ0n) is 20.9. The molecule has 1 N–H and O–H groups in total. The molecule has 188 valence electrons. The zero-order chi connectivity index (χ0) is 24.9. The van der Waals surface area contributed by atoms with E-state index in [0.29, 0.717) is 43.0 Å². The minimum Gasteiger partial charge on any atom is -0.367 e. The van der Waals surface area contributed by atoms with Gasteiger partial charge in [0.2, 0.25) is 5.91 Å². The van der Waals surface area contributed by atoms with Gasteiger partial charge in [0.05, 0.1) is 0 Å². The second-order valence-electron chi connectivity index (χ2n) is 9.81. The molecule has 0 bridgehead atoms. The van der Waals surface area contributed by atoms with E-state index in [1.807, 2.05) is 42.2 Å². The van der Waals surface area contributed by atoms with Gasteiger partial charge in [-0.1, -0.05) is 43.2 Å². The van der Waals surface area contributed by atoms with Gasteiger partial charge in [0.1, 0.15) is 5.82 Å². The van der Waals surface area contributed by atoms with E-state index in [2.05, 4.69) is 17.1 Å². The van der Waals surface area contributed by atoms with Gasteiger partial charge in [-0.25, -0.2) is 4.39 Å². The first-order chi connectivity index (χ1) is 16.9. The zero-order valence-corrected chi connectivity index (χ0v) is 20.9. The SMILES string of the molecule is COC(C(=O)Nc1ccc(F)c(CN2CCN(C(=O)C3CCCC3)[C@@H](C)C2)c1C)c1ccccc1. The Morgan fingerprint density at radius 1 is 1.11 bits per heavy atom. The van der Waals surface area contributed by atoms with Gasteiger partial charge < -0.3 is 15.0 Å². The molecule has 2 amide bonds. The average Bonchev–Trinajstić information content (AvgIpc) is 3.40. The summed E-state index contributed by atoms with van der Waals surface area (Å²) in [6.07, 6.45) is 3.54. The number of nitrogens with zero attached hydrogens (tertiary/aromatic N) is 2. The van der Waals surface area contributed by atoms with Gasteiger partial charge in [0, 0.05) is 56.5 Å². The second kappa shape index (κ2) is 11.3. The molecule has 2 atom stereocenters. The van der Waals surface area contributed by atoms with Gasteiger partial charge in [0.25, 0.3) is 5.91 Å². The van der Waals surface area contributed by atoms with Crippen LogP contribution in [0.4, 0.5) is 10.1 Å². The predicted molar refractivity (Wildman–Crippen MR) is 134 cm³/mol. The monoisotopic (exact) mass is 481 g/mol. The Hall–Kier alpha value is -2.77. The highest BCUT2D eigenvalue weighted by Gasteiger charge is 2.33. The number of carbonyl (C=O) groups is 2. The Kier molecular flexibility index (Phi) is 8.19. The molecule has 2 aliphatic rings. The van der Waals surface area contributed by atoms with Crippen LogP contribution in [0.2, 0.25) is 0 Å². The van der Waals surface area contributed by atoms with Crippen molar-refractivity contribution in [1.82, 2.24) is 9.80 Å². The molecule has 0 spiro atoms. The number of nitrogens with one attached hydrogen (secondary N) is 1. The van der Waals surface area contributed by atoms with Gasteiger partial charge >= 0.3 is 0 Å². The molecule has 1 saturated carbocycles. The molecule has 0 aromatic heterocycles. The lowest BCUT2D eigenvalue weighted by Gasteiger charge is -2.41. The number of methoxy groups -OCH3 is 1. The van der Waals surface area contributed by atoms with E-state index < -0.39 is 6.10 Å². The third-order valence-electron chi connectivity index (χ3n) is 7.46. The molecule has 1 aliphatic carbocycles. The maximum Gasteiger partial charge on any atom is 0.258 e. The molecule has 6 nitrogen and oxygen atoms in total. The lowest BCUT2D eigenvalue weighted by atomic mass is 10.0. The first-order valence-corrected chi connectivity index (χ1v) is 12.6. The molecule has 0 radical (unpaired) electrons. The van der Waals surface area contributed by atoms with Gasteiger partial charge in [-0.2, -0.15) is 0 Å². The molecule has 2 aromatic carbocycles. The topological polar surface area (TPSA) is 61.9 Å². The molecule has 1 aliphatic heterocycles. The number of ether oxygens (including phenoxy) is 1. The van der Waals surface area contributed by atoms with Crippen molar-refractivity contribution in [2.45, 2.75) is 58.2 Å². The van der Waals surface area contributed by atoms with Crippen molar-refractivity contribution in [3.05, 3.63) is 65.0 Å². The summed E-state index contributed by atoms with van der Waals surface area (Å²) in [6, 6.07) is 12.4. The van der Waals surface area contributed by atoms with E-state index in [1.165, 1.54) is 13.2 Å². The van der Waals surface area contributed by atoms with Gasteiger partial charge in [-0.3, -0.25) is 14.5 Å². The number of anilines is 1. The Morgan fingerprint density at radius 3 is 2.49 bits per heavy atom. The lowest BCUT2D eigenvalue weighted by Crippen LogP contribution is -2.54. The van der Waals surface area contributed by atoms with Crippen molar-refractivity contribution in [1.29, 1.82) is 0 Å². The van der Waals surface area contributed by atoms with Crippen LogP contribution in [0.3, 0.4) is 0 Å². The molecule has 35 heavy (non-hydrogen) atoms. The van der Waals surface area contributed by atoms with E-state index in [0.717, 1.165) is 31.2 Å². The van der Waals surface area contributed by atoms with Crippen LogP contribution in [0, 0.1) is 18.7 Å². The van der Waals surface area contributed by atoms with Crippen molar-refractivity contribution < 1.29 is 18.7 Å². The number of rotatable bonds is 7. The Balaban J connectivity index is 1.43. The summed E-state index contributed by atoms with van der Waals surface area (Å²) >= 11 is 0. The fourth-order valence-electron chi connectivity index (χ4n) is 5.41. The number of hydrogen-bond donors (Lipinski definition) is 1. The van der Waals surface area contributed by atoms with Crippen LogP contribution in [-0.2, 0) is 20.9 Å². The number of halogens is 1. The summed E-state index contributed by atoms with van der Waals surface area (Å²) in [6.45, 7) is 6.42. The quantitative estimate of drug-likeness (QED) is 0.624. The minimum atomic E-state index is -0.754. The minimum absolute atomic E-state index is 0.0939. The number of piperazine rings is 1. The summed E-state index contributed by atoms with van der Waals surface area (Å²) in [5, 5.41) is 2.92. The van der Waals surface area contributed by atoms with Gasteiger partial charge in [-0.15, -0.1) is 0 Å². The van der Waals surface area contributed by atoms with Crippen molar-refractivity contribution in [2.75, 3.05) is 32.1 Å². The van der Waals surface area contributed by atoms with E-state index >= 15 is 0 Å². The first-order valence-electron chi connectivity index (χ1n) is 12.6. The number of carbonyl (C=O) groups excluding carboxylic acids is 2. The van der Waals surface area contributed by atoms with Crippen LogP contribution < -0.4 is 5.32 Å². The number of benzene rings is 2. The summed E-state index contributed by atoms with van der Waals surface area (Å²) in [5.41, 5.74) is 2.61. The van der Waals surface area contributed by atoms with Crippen LogP contribution in [0.1, 0.15) is 55.4 Å². The first kappa shape index (κ1) is 25.3. The van der Waals surface area contributed by atoms with Crippen molar-refractivity contribution in [3.8, 4) is 0 Å². The van der Waals surface area contributed by atoms with Crippen LogP contribution in [0.25, 0.3) is 0 Å². The Morgan fingerprint density at radius 2 is 1.83 bits per heavy atom. The molecule has 2 aromatic rings. The van der Waals surface area contributed by atoms with Crippen LogP contribution in [0.5, 0.6) is 0 Å². The highest BCUT2D eigenvalue weighted by Crippen LogP contribution is 2.29. The highest BCUT2D eigenvalue weighted by atomic mass is 19.1. The molecule has 1 heterocycles. The van der Waals surface area contributed by atoms with Gasteiger partial charge in [0.15, 0.2) is 6.10 Å². The van der Waals surface area contributed by atoms with Crippen molar-refractivity contribution in [3.63, 3.8) is 0 Å². The summed E-state index contributed by atoms with van der Waals surface area (Å²) in [7, 11) is 1.50. The fraction of sp³-hybridized carbons (Fsp3) is 0.500. The van der Waals surface area contributed by atoms with E-state index in [1.54, 1.807) is 6.07 Å². The van der Waals surface area contributed by atoms with E-state index in [-0.39, 0.29) is 29.6 Å². The maximum atomic E-state index is 14.9. The molecule has 1 unspecified atom stereocenters. The third kappa shape index (κ3) is 5.73. The van der Waals surface area contributed by atoms with E-state index in [4.69, 9.17) is 4.74 Å². The lowest BCUT2D eigenvalue weighted by molar-refractivity contribution is -0.140. The highest BCUT2D eigenvalue weighted by molar-refractivity contribution is 5.95. The average molecular weight is 482 g/mol.